The summed E-state index contributed by atoms with van der Waals surface area (Å²) in [5.74, 6) is -2.05. The molecule has 12 heteroatoms. The smallest absolute Gasteiger partial charge is 0.306 e. The van der Waals surface area contributed by atoms with E-state index in [-0.39, 0.29) is 54.2 Å². The minimum atomic E-state index is -0.686. The number of methoxy groups -OCH3 is 1. The summed E-state index contributed by atoms with van der Waals surface area (Å²) in [4.78, 5) is 43.4. The highest BCUT2D eigenvalue weighted by Crippen LogP contribution is 2.26. The van der Waals surface area contributed by atoms with Crippen molar-refractivity contribution in [3.05, 3.63) is 65.5 Å². The molecule has 40 heavy (non-hydrogen) atoms. The SMILES string of the molecule is COC(=O)CCC(=O)N1CCC[C@@H]1CNC(=O)c1cc(F)c(-c2cnn(C)c2)nc1NCCc1cccc(F)c1. The maximum absolute atomic E-state index is 15.2. The number of rotatable bonds is 11. The molecule has 4 rings (SSSR count). The van der Waals surface area contributed by atoms with E-state index in [0.717, 1.165) is 18.1 Å². The van der Waals surface area contributed by atoms with Crippen LogP contribution in [-0.4, -0.2) is 70.2 Å². The molecule has 3 heterocycles. The first-order valence-corrected chi connectivity index (χ1v) is 13.1. The van der Waals surface area contributed by atoms with E-state index in [0.29, 0.717) is 31.5 Å². The summed E-state index contributed by atoms with van der Waals surface area (Å²) in [6.07, 6.45) is 5.03. The largest absolute Gasteiger partial charge is 0.469 e. The third kappa shape index (κ3) is 7.19. The van der Waals surface area contributed by atoms with Crippen LogP contribution in [0.15, 0.2) is 42.7 Å². The Morgan fingerprint density at radius 2 is 2.00 bits per heavy atom. The maximum Gasteiger partial charge on any atom is 0.306 e. The van der Waals surface area contributed by atoms with Gasteiger partial charge in [-0.25, -0.2) is 13.8 Å². The minimum Gasteiger partial charge on any atom is -0.469 e. The number of nitrogens with zero attached hydrogens (tertiary/aromatic N) is 4. The molecular formula is C28H32F2N6O4. The zero-order valence-corrected chi connectivity index (χ0v) is 22.5. The Morgan fingerprint density at radius 3 is 2.73 bits per heavy atom. The summed E-state index contributed by atoms with van der Waals surface area (Å²) in [5.41, 5.74) is 1.25. The lowest BCUT2D eigenvalue weighted by Gasteiger charge is -2.25. The fourth-order valence-corrected chi connectivity index (χ4v) is 4.70. The van der Waals surface area contributed by atoms with E-state index in [2.05, 4.69) is 25.5 Å². The Kier molecular flexibility index (Phi) is 9.41. The maximum atomic E-state index is 15.2. The average Bonchev–Trinajstić information content (AvgIpc) is 3.59. The number of amides is 2. The molecule has 10 nitrogen and oxygen atoms in total. The quantitative estimate of drug-likeness (QED) is 0.350. The molecule has 0 spiro atoms. The van der Waals surface area contributed by atoms with E-state index >= 15 is 4.39 Å². The van der Waals surface area contributed by atoms with Crippen molar-refractivity contribution < 1.29 is 27.9 Å². The molecule has 212 valence electrons. The van der Waals surface area contributed by atoms with E-state index < -0.39 is 17.7 Å². The summed E-state index contributed by atoms with van der Waals surface area (Å²) in [5, 5.41) is 9.98. The van der Waals surface area contributed by atoms with Gasteiger partial charge in [-0.15, -0.1) is 0 Å². The topological polar surface area (TPSA) is 118 Å². The lowest BCUT2D eigenvalue weighted by molar-refractivity contribution is -0.143. The van der Waals surface area contributed by atoms with E-state index in [1.165, 1.54) is 30.1 Å². The first kappa shape index (κ1) is 28.7. The number of hydrogen-bond donors (Lipinski definition) is 2. The van der Waals surface area contributed by atoms with Gasteiger partial charge in [0.25, 0.3) is 5.91 Å². The van der Waals surface area contributed by atoms with Gasteiger partial charge in [-0.2, -0.15) is 5.10 Å². The number of aryl methyl sites for hydroxylation is 1. The minimum absolute atomic E-state index is 0.00551. The molecule has 1 saturated heterocycles. The van der Waals surface area contributed by atoms with Gasteiger partial charge >= 0.3 is 5.97 Å². The molecular weight excluding hydrogens is 522 g/mol. The van der Waals surface area contributed by atoms with Crippen molar-refractivity contribution in [3.8, 4) is 11.3 Å². The van der Waals surface area contributed by atoms with Crippen molar-refractivity contribution in [1.29, 1.82) is 0 Å². The lowest BCUT2D eigenvalue weighted by atomic mass is 10.1. The zero-order chi connectivity index (χ0) is 28.6. The van der Waals surface area contributed by atoms with Gasteiger partial charge in [-0.1, -0.05) is 12.1 Å². The van der Waals surface area contributed by atoms with Crippen molar-refractivity contribution >= 4 is 23.6 Å². The number of likely N-dealkylation sites (tertiary alicyclic amines) is 1. The van der Waals surface area contributed by atoms with Crippen molar-refractivity contribution in [2.45, 2.75) is 38.1 Å². The Balaban J connectivity index is 1.48. The lowest BCUT2D eigenvalue weighted by Crippen LogP contribution is -2.43. The fourth-order valence-electron chi connectivity index (χ4n) is 4.70. The first-order chi connectivity index (χ1) is 19.2. The standard InChI is InChI=1S/C28H32F2N6O4/c1-35-17-19(15-33-35)26-23(30)14-22(27(34-26)31-11-10-18-5-3-6-20(29)13-18)28(39)32-16-21-7-4-12-36(21)24(37)8-9-25(38)40-2/h3,5-6,13-15,17,21H,4,7-12,16H2,1-2H3,(H,31,34)(H,32,39)/t21-/m1/s1. The third-order valence-corrected chi connectivity index (χ3v) is 6.76. The number of hydrogen-bond acceptors (Lipinski definition) is 7. The molecule has 0 unspecified atom stereocenters. The third-order valence-electron chi connectivity index (χ3n) is 6.76. The van der Waals surface area contributed by atoms with Crippen LogP contribution >= 0.6 is 0 Å². The van der Waals surface area contributed by atoms with E-state index in [1.807, 2.05) is 0 Å². The number of esters is 1. The van der Waals surface area contributed by atoms with E-state index in [9.17, 15) is 18.8 Å². The van der Waals surface area contributed by atoms with Gasteiger partial charge in [0, 0.05) is 50.9 Å². The molecule has 1 aliphatic heterocycles. The molecule has 1 aliphatic rings. The molecule has 3 aromatic rings. The highest BCUT2D eigenvalue weighted by Gasteiger charge is 2.29. The molecule has 0 radical (unpaired) electrons. The van der Waals surface area contributed by atoms with Crippen LogP contribution in [0.3, 0.4) is 0 Å². The molecule has 1 atom stereocenters. The molecule has 1 fully saturated rings. The highest BCUT2D eigenvalue weighted by atomic mass is 19.1. The van der Waals surface area contributed by atoms with Crippen LogP contribution < -0.4 is 10.6 Å². The second-order valence-electron chi connectivity index (χ2n) is 9.59. The van der Waals surface area contributed by atoms with Gasteiger partial charge in [0.1, 0.15) is 17.3 Å². The average molecular weight is 555 g/mol. The molecule has 1 aromatic carbocycles. The second kappa shape index (κ2) is 13.1. The highest BCUT2D eigenvalue weighted by molar-refractivity contribution is 5.99. The van der Waals surface area contributed by atoms with Crippen molar-refractivity contribution in [2.75, 3.05) is 32.1 Å². The molecule has 0 saturated carbocycles. The zero-order valence-electron chi connectivity index (χ0n) is 22.5. The predicted molar refractivity (Wildman–Crippen MR) is 143 cm³/mol. The van der Waals surface area contributed by atoms with E-state index in [4.69, 9.17) is 0 Å². The predicted octanol–water partition coefficient (Wildman–Crippen LogP) is 3.09. The number of nitrogens with one attached hydrogen (secondary N) is 2. The van der Waals surface area contributed by atoms with Crippen LogP contribution in [0, 0.1) is 11.6 Å². The van der Waals surface area contributed by atoms with Crippen LogP contribution in [-0.2, 0) is 27.8 Å². The van der Waals surface area contributed by atoms with Gasteiger partial charge in [0.15, 0.2) is 5.82 Å². The summed E-state index contributed by atoms with van der Waals surface area (Å²) in [6, 6.07) is 7.08. The van der Waals surface area contributed by atoms with Crippen molar-refractivity contribution in [1.82, 2.24) is 25.0 Å². The Bertz CT molecular complexity index is 1380. The summed E-state index contributed by atoms with van der Waals surface area (Å²) < 4.78 is 34.9. The molecule has 0 bridgehead atoms. The van der Waals surface area contributed by atoms with Gasteiger partial charge in [-0.05, 0) is 43.0 Å². The summed E-state index contributed by atoms with van der Waals surface area (Å²) in [7, 11) is 2.97. The summed E-state index contributed by atoms with van der Waals surface area (Å²) >= 11 is 0. The number of carbonyl (C=O) groups is 3. The van der Waals surface area contributed by atoms with Crippen LogP contribution in [0.5, 0.6) is 0 Å². The number of ether oxygens (including phenoxy) is 1. The summed E-state index contributed by atoms with van der Waals surface area (Å²) in [6.45, 7) is 1.01. The normalized spacial score (nSPS) is 14.7. The number of anilines is 1. The van der Waals surface area contributed by atoms with Crippen LogP contribution in [0.4, 0.5) is 14.6 Å². The number of halogens is 2. The fraction of sp³-hybridized carbons (Fsp3) is 0.393. The molecule has 0 aliphatic carbocycles. The monoisotopic (exact) mass is 554 g/mol. The van der Waals surface area contributed by atoms with Gasteiger partial charge < -0.3 is 20.3 Å². The van der Waals surface area contributed by atoms with Gasteiger partial charge in [-0.3, -0.25) is 19.1 Å². The Labute approximate surface area is 230 Å². The second-order valence-corrected chi connectivity index (χ2v) is 9.59. The van der Waals surface area contributed by atoms with Crippen LogP contribution in [0.2, 0.25) is 0 Å². The van der Waals surface area contributed by atoms with Crippen LogP contribution in [0.1, 0.15) is 41.6 Å². The number of aromatic nitrogens is 3. The molecule has 2 amide bonds. The first-order valence-electron chi connectivity index (χ1n) is 13.1. The van der Waals surface area contributed by atoms with Crippen LogP contribution in [0.25, 0.3) is 11.3 Å². The molecule has 2 aromatic heterocycles. The van der Waals surface area contributed by atoms with E-state index in [1.54, 1.807) is 30.3 Å². The number of benzene rings is 1. The van der Waals surface area contributed by atoms with Crippen molar-refractivity contribution in [2.24, 2.45) is 7.05 Å². The number of pyridine rings is 1. The number of carbonyl (C=O) groups excluding carboxylic acids is 3. The van der Waals surface area contributed by atoms with Crippen molar-refractivity contribution in [3.63, 3.8) is 0 Å². The van der Waals surface area contributed by atoms with Gasteiger partial charge in [0.05, 0.1) is 25.3 Å². The Morgan fingerprint density at radius 1 is 1.18 bits per heavy atom. The molecule has 2 N–H and O–H groups in total. The Hall–Kier alpha value is -4.35. The van der Waals surface area contributed by atoms with Gasteiger partial charge in [0.2, 0.25) is 5.91 Å².